The lowest BCUT2D eigenvalue weighted by Gasteiger charge is -2.13. The van der Waals surface area contributed by atoms with E-state index in [1.807, 2.05) is 0 Å². The number of rotatable bonds is 5. The van der Waals surface area contributed by atoms with Gasteiger partial charge in [0.2, 0.25) is 0 Å². The number of amides is 1. The summed E-state index contributed by atoms with van der Waals surface area (Å²) < 4.78 is 13.9. The Morgan fingerprint density at radius 2 is 2.06 bits per heavy atom. The van der Waals surface area contributed by atoms with Gasteiger partial charge in [0.05, 0.1) is 10.0 Å². The Hall–Kier alpha value is -0.900. The predicted octanol–water partition coefficient (Wildman–Crippen LogP) is 3.75. The Labute approximate surface area is 110 Å². The Morgan fingerprint density at radius 3 is 2.65 bits per heavy atom. The summed E-state index contributed by atoms with van der Waals surface area (Å²) in [7, 11) is 0. The van der Waals surface area contributed by atoms with Crippen LogP contribution in [0.4, 0.5) is 4.39 Å². The zero-order valence-electron chi connectivity index (χ0n) is 10.1. The SMILES string of the molecule is CCC(CC)CNC(=O)c1cccc(Br)c1F. The van der Waals surface area contributed by atoms with Crippen LogP contribution < -0.4 is 5.32 Å². The average Bonchev–Trinajstić information content (AvgIpc) is 2.33. The number of hydrogen-bond donors (Lipinski definition) is 1. The first-order valence-electron chi connectivity index (χ1n) is 5.82. The van der Waals surface area contributed by atoms with E-state index in [0.29, 0.717) is 16.9 Å². The summed E-state index contributed by atoms with van der Waals surface area (Å²) in [6, 6.07) is 4.72. The molecule has 0 saturated carbocycles. The molecule has 0 saturated heterocycles. The zero-order valence-corrected chi connectivity index (χ0v) is 11.7. The van der Waals surface area contributed by atoms with Gasteiger partial charge >= 0.3 is 0 Å². The van der Waals surface area contributed by atoms with E-state index >= 15 is 0 Å². The molecule has 2 nitrogen and oxygen atoms in total. The highest BCUT2D eigenvalue weighted by Gasteiger charge is 2.14. The monoisotopic (exact) mass is 301 g/mol. The molecule has 0 aromatic heterocycles. The third-order valence-corrected chi connectivity index (χ3v) is 3.51. The highest BCUT2D eigenvalue weighted by atomic mass is 79.9. The maximum atomic E-state index is 13.6. The molecule has 0 aliphatic rings. The summed E-state index contributed by atoms with van der Waals surface area (Å²) in [6.45, 7) is 4.76. The van der Waals surface area contributed by atoms with Crippen molar-refractivity contribution < 1.29 is 9.18 Å². The topological polar surface area (TPSA) is 29.1 Å². The molecule has 0 aliphatic heterocycles. The first-order chi connectivity index (χ1) is 8.10. The van der Waals surface area contributed by atoms with Gasteiger partial charge in [0.1, 0.15) is 5.82 Å². The fourth-order valence-corrected chi connectivity index (χ4v) is 1.95. The third-order valence-electron chi connectivity index (χ3n) is 2.90. The Bertz CT molecular complexity index is 391. The molecule has 0 fully saturated rings. The lowest BCUT2D eigenvalue weighted by molar-refractivity contribution is 0.0942. The molecule has 0 bridgehead atoms. The second kappa shape index (κ2) is 6.74. The van der Waals surface area contributed by atoms with Crippen LogP contribution >= 0.6 is 15.9 Å². The average molecular weight is 302 g/mol. The number of carbonyl (C=O) groups excluding carboxylic acids is 1. The van der Waals surface area contributed by atoms with Gasteiger partial charge in [-0.05, 0) is 34.0 Å². The normalized spacial score (nSPS) is 10.6. The van der Waals surface area contributed by atoms with E-state index in [4.69, 9.17) is 0 Å². The van der Waals surface area contributed by atoms with Crippen molar-refractivity contribution >= 4 is 21.8 Å². The van der Waals surface area contributed by atoms with Crippen molar-refractivity contribution in [3.05, 3.63) is 34.1 Å². The number of halogens is 2. The van der Waals surface area contributed by atoms with Gasteiger partial charge in [0, 0.05) is 6.54 Å². The van der Waals surface area contributed by atoms with Gasteiger partial charge in [-0.25, -0.2) is 4.39 Å². The second-order valence-electron chi connectivity index (χ2n) is 3.99. The summed E-state index contributed by atoms with van der Waals surface area (Å²) >= 11 is 3.07. The molecule has 0 spiro atoms. The summed E-state index contributed by atoms with van der Waals surface area (Å²) in [5, 5.41) is 2.77. The van der Waals surface area contributed by atoms with Gasteiger partial charge < -0.3 is 5.32 Å². The quantitative estimate of drug-likeness (QED) is 0.881. The minimum absolute atomic E-state index is 0.0883. The van der Waals surface area contributed by atoms with Gasteiger partial charge in [-0.3, -0.25) is 4.79 Å². The first kappa shape index (κ1) is 14.2. The van der Waals surface area contributed by atoms with Crippen molar-refractivity contribution in [2.24, 2.45) is 5.92 Å². The van der Waals surface area contributed by atoms with E-state index in [2.05, 4.69) is 35.1 Å². The van der Waals surface area contributed by atoms with Gasteiger partial charge in [0.15, 0.2) is 0 Å². The van der Waals surface area contributed by atoms with Crippen molar-refractivity contribution in [1.29, 1.82) is 0 Å². The van der Waals surface area contributed by atoms with Gasteiger partial charge in [-0.2, -0.15) is 0 Å². The van der Waals surface area contributed by atoms with Crippen LogP contribution in [0.25, 0.3) is 0 Å². The molecule has 1 rings (SSSR count). The standard InChI is InChI=1S/C13H17BrFNO/c1-3-9(4-2)8-16-13(17)10-6-5-7-11(14)12(10)15/h5-7,9H,3-4,8H2,1-2H3,(H,16,17). The zero-order chi connectivity index (χ0) is 12.8. The Balaban J connectivity index is 2.67. The van der Waals surface area contributed by atoms with Crippen molar-refractivity contribution in [3.63, 3.8) is 0 Å². The van der Waals surface area contributed by atoms with Gasteiger partial charge in [-0.15, -0.1) is 0 Å². The smallest absolute Gasteiger partial charge is 0.254 e. The number of benzene rings is 1. The predicted molar refractivity (Wildman–Crippen MR) is 70.5 cm³/mol. The molecule has 1 aromatic rings. The first-order valence-corrected chi connectivity index (χ1v) is 6.61. The molecule has 1 amide bonds. The Kier molecular flexibility index (Phi) is 5.62. The maximum Gasteiger partial charge on any atom is 0.254 e. The van der Waals surface area contributed by atoms with Crippen LogP contribution in [0.3, 0.4) is 0 Å². The third kappa shape index (κ3) is 3.80. The van der Waals surface area contributed by atoms with E-state index in [-0.39, 0.29) is 11.5 Å². The molecule has 4 heteroatoms. The molecule has 1 N–H and O–H groups in total. The highest BCUT2D eigenvalue weighted by molar-refractivity contribution is 9.10. The van der Waals surface area contributed by atoms with Crippen LogP contribution in [0.15, 0.2) is 22.7 Å². The maximum absolute atomic E-state index is 13.6. The van der Waals surface area contributed by atoms with Crippen LogP contribution in [0.5, 0.6) is 0 Å². The van der Waals surface area contributed by atoms with Crippen molar-refractivity contribution in [2.45, 2.75) is 26.7 Å². The molecule has 0 atom stereocenters. The van der Waals surface area contributed by atoms with E-state index in [1.54, 1.807) is 12.1 Å². The van der Waals surface area contributed by atoms with Crippen LogP contribution in [0.2, 0.25) is 0 Å². The minimum Gasteiger partial charge on any atom is -0.352 e. The molecular weight excluding hydrogens is 285 g/mol. The summed E-state index contributed by atoms with van der Waals surface area (Å²) in [5.41, 5.74) is 0.0883. The molecule has 0 heterocycles. The van der Waals surface area contributed by atoms with Gasteiger partial charge in [-0.1, -0.05) is 32.8 Å². The number of carbonyl (C=O) groups is 1. The van der Waals surface area contributed by atoms with Gasteiger partial charge in [0.25, 0.3) is 5.91 Å². The largest absolute Gasteiger partial charge is 0.352 e. The van der Waals surface area contributed by atoms with Crippen LogP contribution in [-0.4, -0.2) is 12.5 Å². The number of nitrogens with one attached hydrogen (secondary N) is 1. The molecular formula is C13H17BrFNO. The molecule has 0 aliphatic carbocycles. The molecule has 17 heavy (non-hydrogen) atoms. The molecule has 94 valence electrons. The number of hydrogen-bond acceptors (Lipinski definition) is 1. The second-order valence-corrected chi connectivity index (χ2v) is 4.85. The van der Waals surface area contributed by atoms with E-state index < -0.39 is 5.82 Å². The van der Waals surface area contributed by atoms with E-state index in [9.17, 15) is 9.18 Å². The van der Waals surface area contributed by atoms with Crippen LogP contribution in [0, 0.1) is 11.7 Å². The molecule has 1 aromatic carbocycles. The van der Waals surface area contributed by atoms with Crippen molar-refractivity contribution in [1.82, 2.24) is 5.32 Å². The molecule has 0 unspecified atom stereocenters. The molecule has 0 radical (unpaired) electrons. The van der Waals surface area contributed by atoms with Crippen LogP contribution in [0.1, 0.15) is 37.0 Å². The lowest BCUT2D eigenvalue weighted by atomic mass is 10.0. The van der Waals surface area contributed by atoms with Crippen molar-refractivity contribution in [3.8, 4) is 0 Å². The Morgan fingerprint density at radius 1 is 1.41 bits per heavy atom. The lowest BCUT2D eigenvalue weighted by Crippen LogP contribution is -2.29. The minimum atomic E-state index is -0.505. The fourth-order valence-electron chi connectivity index (χ4n) is 1.59. The summed E-state index contributed by atoms with van der Waals surface area (Å²) in [4.78, 5) is 11.8. The highest BCUT2D eigenvalue weighted by Crippen LogP contribution is 2.18. The summed E-state index contributed by atoms with van der Waals surface area (Å²) in [5.74, 6) is -0.403. The van der Waals surface area contributed by atoms with E-state index in [1.165, 1.54) is 6.07 Å². The fraction of sp³-hybridized carbons (Fsp3) is 0.462. The summed E-state index contributed by atoms with van der Waals surface area (Å²) in [6.07, 6.45) is 2.02. The van der Waals surface area contributed by atoms with Crippen LogP contribution in [-0.2, 0) is 0 Å². The van der Waals surface area contributed by atoms with E-state index in [0.717, 1.165) is 12.8 Å². The van der Waals surface area contributed by atoms with Crippen molar-refractivity contribution in [2.75, 3.05) is 6.54 Å².